The molecule has 3 heteroatoms. The summed E-state index contributed by atoms with van der Waals surface area (Å²) in [4.78, 5) is 12.4. The average Bonchev–Trinajstić information content (AvgIpc) is 2.52. The number of rotatable bonds is 11. The summed E-state index contributed by atoms with van der Waals surface area (Å²) in [6, 6.07) is 10.6. The van der Waals surface area contributed by atoms with Gasteiger partial charge in [0.1, 0.15) is 0 Å². The lowest BCUT2D eigenvalue weighted by Gasteiger charge is -2.25. The molecule has 0 unspecified atom stereocenters. The fourth-order valence-electron chi connectivity index (χ4n) is 2.38. The van der Waals surface area contributed by atoms with E-state index in [0.29, 0.717) is 18.3 Å². The maximum absolute atomic E-state index is 12.4. The molecule has 1 rings (SSSR count). The van der Waals surface area contributed by atoms with Crippen LogP contribution < -0.4 is 5.43 Å². The Balaban J connectivity index is 2.37. The summed E-state index contributed by atoms with van der Waals surface area (Å²) in [6.07, 6.45) is 4.83. The van der Waals surface area contributed by atoms with Crippen LogP contribution in [0.1, 0.15) is 58.9 Å². The van der Waals surface area contributed by atoms with Gasteiger partial charge in [0.15, 0.2) is 0 Å². The number of nitrogens with one attached hydrogen (secondary N) is 1. The highest BCUT2D eigenvalue weighted by molar-refractivity contribution is 5.75. The van der Waals surface area contributed by atoms with E-state index in [0.717, 1.165) is 38.8 Å². The minimum Gasteiger partial charge on any atom is -0.278 e. The Morgan fingerprint density at radius 3 is 2.35 bits per heavy atom. The van der Waals surface area contributed by atoms with Crippen molar-refractivity contribution in [3.63, 3.8) is 0 Å². The van der Waals surface area contributed by atoms with Crippen LogP contribution in [0.15, 0.2) is 30.3 Å². The summed E-state index contributed by atoms with van der Waals surface area (Å²) >= 11 is 0. The smallest absolute Gasteiger partial charge is 0.236 e. The summed E-state index contributed by atoms with van der Waals surface area (Å²) in [5.41, 5.74) is 4.70. The summed E-state index contributed by atoms with van der Waals surface area (Å²) < 4.78 is 0. The molecule has 0 aliphatic heterocycles. The van der Waals surface area contributed by atoms with E-state index in [9.17, 15) is 4.79 Å². The monoisotopic (exact) mass is 318 g/mol. The predicted octanol–water partition coefficient (Wildman–Crippen LogP) is 4.43. The first kappa shape index (κ1) is 19.7. The molecule has 0 aromatic heterocycles. The third-order valence-corrected chi connectivity index (χ3v) is 3.87. The largest absolute Gasteiger partial charge is 0.278 e. The van der Waals surface area contributed by atoms with Gasteiger partial charge in [-0.1, -0.05) is 58.0 Å². The maximum atomic E-state index is 12.4. The Hall–Kier alpha value is -1.35. The number of nitrogens with zero attached hydrogens (tertiary/aromatic N) is 1. The van der Waals surface area contributed by atoms with Gasteiger partial charge in [0.05, 0.1) is 0 Å². The van der Waals surface area contributed by atoms with Crippen LogP contribution >= 0.6 is 0 Å². The quantitative estimate of drug-likeness (QED) is 0.483. The molecule has 0 heterocycles. The van der Waals surface area contributed by atoms with Crippen LogP contribution in [-0.4, -0.2) is 24.0 Å². The lowest BCUT2D eigenvalue weighted by Crippen LogP contribution is -2.45. The van der Waals surface area contributed by atoms with Crippen molar-refractivity contribution in [2.45, 2.75) is 59.8 Å². The molecule has 0 spiro atoms. The van der Waals surface area contributed by atoms with E-state index in [2.05, 4.69) is 63.5 Å². The first-order valence-corrected chi connectivity index (χ1v) is 9.06. The zero-order chi connectivity index (χ0) is 17.1. The standard InChI is InChI=1S/C20H34N2O/c1-17(2)13-14-20(23)22(21-16-18(3)4)15-9-8-12-19-10-6-5-7-11-19/h5-7,10-11,17-18,21H,8-9,12-16H2,1-4H3. The SMILES string of the molecule is CC(C)CCC(=O)N(CCCCc1ccccc1)NCC(C)C. The molecule has 3 nitrogen and oxygen atoms in total. The molecule has 23 heavy (non-hydrogen) atoms. The first-order valence-electron chi connectivity index (χ1n) is 9.06. The molecule has 1 N–H and O–H groups in total. The molecule has 0 radical (unpaired) electrons. The molecular formula is C20H34N2O. The molecule has 130 valence electrons. The van der Waals surface area contributed by atoms with E-state index < -0.39 is 0 Å². The van der Waals surface area contributed by atoms with Crippen LogP contribution in [0.5, 0.6) is 0 Å². The lowest BCUT2D eigenvalue weighted by molar-refractivity contribution is -0.135. The average molecular weight is 319 g/mol. The van der Waals surface area contributed by atoms with Gasteiger partial charge in [-0.3, -0.25) is 9.80 Å². The Morgan fingerprint density at radius 1 is 1.04 bits per heavy atom. The lowest BCUT2D eigenvalue weighted by atomic mass is 10.1. The Kier molecular flexibility index (Phi) is 9.61. The predicted molar refractivity (Wildman–Crippen MR) is 98.0 cm³/mol. The van der Waals surface area contributed by atoms with Crippen molar-refractivity contribution in [3.05, 3.63) is 35.9 Å². The number of aryl methyl sites for hydroxylation is 1. The van der Waals surface area contributed by atoms with Crippen LogP contribution in [0.2, 0.25) is 0 Å². The van der Waals surface area contributed by atoms with E-state index >= 15 is 0 Å². The van der Waals surface area contributed by atoms with Gasteiger partial charge in [0, 0.05) is 19.5 Å². The highest BCUT2D eigenvalue weighted by atomic mass is 16.2. The van der Waals surface area contributed by atoms with Gasteiger partial charge in [0.25, 0.3) is 0 Å². The number of unbranched alkanes of at least 4 members (excludes halogenated alkanes) is 1. The molecule has 0 atom stereocenters. The number of carbonyl (C=O) groups excluding carboxylic acids is 1. The Morgan fingerprint density at radius 2 is 1.74 bits per heavy atom. The maximum Gasteiger partial charge on any atom is 0.236 e. The number of hydrogen-bond acceptors (Lipinski definition) is 2. The fourth-order valence-corrected chi connectivity index (χ4v) is 2.38. The molecule has 0 bridgehead atoms. The van der Waals surface area contributed by atoms with E-state index in [1.807, 2.05) is 5.01 Å². The van der Waals surface area contributed by atoms with Crippen molar-refractivity contribution < 1.29 is 4.79 Å². The number of hydrazine groups is 1. The Bertz CT molecular complexity index is 429. The van der Waals surface area contributed by atoms with Crippen LogP contribution in [0.25, 0.3) is 0 Å². The van der Waals surface area contributed by atoms with E-state index in [1.54, 1.807) is 0 Å². The number of carbonyl (C=O) groups is 1. The third-order valence-electron chi connectivity index (χ3n) is 3.87. The first-order chi connectivity index (χ1) is 11.0. The third kappa shape index (κ3) is 9.39. The molecule has 1 amide bonds. The van der Waals surface area contributed by atoms with Crippen LogP contribution in [0, 0.1) is 11.8 Å². The topological polar surface area (TPSA) is 32.3 Å². The van der Waals surface area contributed by atoms with Gasteiger partial charge in [-0.2, -0.15) is 0 Å². The van der Waals surface area contributed by atoms with Crippen LogP contribution in [0.3, 0.4) is 0 Å². The second-order valence-corrected chi connectivity index (χ2v) is 7.18. The van der Waals surface area contributed by atoms with E-state index in [-0.39, 0.29) is 5.91 Å². The molecule has 0 aliphatic rings. The van der Waals surface area contributed by atoms with Crippen molar-refractivity contribution in [2.24, 2.45) is 11.8 Å². The number of hydrogen-bond donors (Lipinski definition) is 1. The van der Waals surface area contributed by atoms with Crippen molar-refractivity contribution in [1.29, 1.82) is 0 Å². The molecule has 1 aromatic carbocycles. The van der Waals surface area contributed by atoms with Gasteiger partial charge in [-0.05, 0) is 43.1 Å². The van der Waals surface area contributed by atoms with Crippen molar-refractivity contribution in [3.8, 4) is 0 Å². The van der Waals surface area contributed by atoms with Crippen LogP contribution in [-0.2, 0) is 11.2 Å². The second-order valence-electron chi connectivity index (χ2n) is 7.18. The summed E-state index contributed by atoms with van der Waals surface area (Å²) in [6.45, 7) is 10.3. The zero-order valence-corrected chi connectivity index (χ0v) is 15.3. The molecule has 0 saturated carbocycles. The van der Waals surface area contributed by atoms with Gasteiger partial charge in [-0.15, -0.1) is 0 Å². The van der Waals surface area contributed by atoms with Crippen LogP contribution in [0.4, 0.5) is 0 Å². The summed E-state index contributed by atoms with van der Waals surface area (Å²) in [5, 5.41) is 1.85. The number of benzene rings is 1. The van der Waals surface area contributed by atoms with E-state index in [1.165, 1.54) is 5.56 Å². The molecular weight excluding hydrogens is 284 g/mol. The minimum absolute atomic E-state index is 0.235. The van der Waals surface area contributed by atoms with Crippen molar-refractivity contribution in [1.82, 2.24) is 10.4 Å². The molecule has 1 aromatic rings. The normalized spacial score (nSPS) is 11.2. The summed E-state index contributed by atoms with van der Waals surface area (Å²) in [7, 11) is 0. The van der Waals surface area contributed by atoms with Crippen molar-refractivity contribution >= 4 is 5.91 Å². The molecule has 0 fully saturated rings. The highest BCUT2D eigenvalue weighted by Crippen LogP contribution is 2.08. The highest BCUT2D eigenvalue weighted by Gasteiger charge is 2.13. The number of amides is 1. The Labute approximate surface area is 142 Å². The fraction of sp³-hybridized carbons (Fsp3) is 0.650. The van der Waals surface area contributed by atoms with Gasteiger partial charge >= 0.3 is 0 Å². The summed E-state index contributed by atoms with van der Waals surface area (Å²) in [5.74, 6) is 1.35. The molecule has 0 saturated heterocycles. The van der Waals surface area contributed by atoms with Gasteiger partial charge < -0.3 is 0 Å². The minimum atomic E-state index is 0.235. The molecule has 0 aliphatic carbocycles. The second kappa shape index (κ2) is 11.2. The zero-order valence-electron chi connectivity index (χ0n) is 15.3. The van der Waals surface area contributed by atoms with E-state index in [4.69, 9.17) is 0 Å². The van der Waals surface area contributed by atoms with Gasteiger partial charge in [0.2, 0.25) is 5.91 Å². The van der Waals surface area contributed by atoms with Gasteiger partial charge in [-0.25, -0.2) is 5.43 Å². The van der Waals surface area contributed by atoms with Crippen molar-refractivity contribution in [2.75, 3.05) is 13.1 Å².